The topological polar surface area (TPSA) is 142 Å². The van der Waals surface area contributed by atoms with E-state index in [0.29, 0.717) is 19.3 Å². The van der Waals surface area contributed by atoms with Crippen molar-refractivity contribution in [2.75, 3.05) is 13.2 Å². The molecule has 0 radical (unpaired) electrons. The molecule has 0 rings (SSSR count). The van der Waals surface area contributed by atoms with E-state index in [9.17, 15) is 19.2 Å². The number of carboxylic acids is 1. The number of aliphatic carboxylic acids is 1. The average Bonchev–Trinajstić information content (AvgIpc) is 3.29. The molecule has 2 unspecified atom stereocenters. The van der Waals surface area contributed by atoms with Crippen molar-refractivity contribution in [2.45, 2.75) is 321 Å². The van der Waals surface area contributed by atoms with Crippen molar-refractivity contribution in [3.8, 4) is 0 Å². The fourth-order valence-corrected chi connectivity index (χ4v) is 9.01. The van der Waals surface area contributed by atoms with Gasteiger partial charge in [0.05, 0.1) is 13.2 Å². The van der Waals surface area contributed by atoms with Crippen LogP contribution in [0.5, 0.6) is 0 Å². The lowest BCUT2D eigenvalue weighted by molar-refractivity contribution is -0.150. The number of aliphatic hydroxyl groups excluding tert-OH is 1. The van der Waals surface area contributed by atoms with Crippen LogP contribution in [0.25, 0.3) is 0 Å². The Kier molecular flexibility index (Phi) is 49.5. The van der Waals surface area contributed by atoms with Crippen molar-refractivity contribution < 1.29 is 34.1 Å². The molecule has 0 heterocycles. The fourth-order valence-electron chi connectivity index (χ4n) is 9.01. The third kappa shape index (κ3) is 48.1. The summed E-state index contributed by atoms with van der Waals surface area (Å²) in [5.74, 6) is -2.26. The van der Waals surface area contributed by atoms with E-state index in [1.54, 1.807) is 0 Å². The van der Waals surface area contributed by atoms with E-state index in [4.69, 9.17) is 14.9 Å². The van der Waals surface area contributed by atoms with E-state index in [2.05, 4.69) is 24.5 Å². The van der Waals surface area contributed by atoms with Crippen LogP contribution in [0.15, 0.2) is 0 Å². The van der Waals surface area contributed by atoms with Gasteiger partial charge < -0.3 is 25.6 Å². The number of hydrogen-bond acceptors (Lipinski definition) is 6. The Labute approximate surface area is 401 Å². The molecule has 65 heavy (non-hydrogen) atoms. The van der Waals surface area contributed by atoms with E-state index < -0.39 is 24.5 Å². The molecule has 0 aromatic heterocycles. The molecule has 0 saturated carbocycles. The second-order valence-corrected chi connectivity index (χ2v) is 19.7. The highest BCUT2D eigenvalue weighted by Gasteiger charge is 2.19. The van der Waals surface area contributed by atoms with Gasteiger partial charge in [-0.05, 0) is 38.5 Å². The van der Waals surface area contributed by atoms with Crippen molar-refractivity contribution in [3.05, 3.63) is 0 Å². The second-order valence-electron chi connectivity index (χ2n) is 19.7. The smallest absolute Gasteiger partial charge is 0.328 e. The number of carboxylic acid groups (broad SMARTS) is 1. The predicted molar refractivity (Wildman–Crippen MR) is 273 cm³/mol. The van der Waals surface area contributed by atoms with Crippen molar-refractivity contribution in [2.24, 2.45) is 0 Å². The zero-order valence-corrected chi connectivity index (χ0v) is 43.0. The van der Waals surface area contributed by atoms with Crippen LogP contribution in [-0.2, 0) is 23.9 Å². The highest BCUT2D eigenvalue weighted by molar-refractivity contribution is 5.87. The summed E-state index contributed by atoms with van der Waals surface area (Å²) >= 11 is 0. The van der Waals surface area contributed by atoms with Crippen LogP contribution in [0, 0.1) is 0 Å². The molecule has 9 nitrogen and oxygen atoms in total. The Morgan fingerprint density at radius 3 is 1.00 bits per heavy atom. The van der Waals surface area contributed by atoms with Crippen LogP contribution >= 0.6 is 0 Å². The monoisotopic (exact) mass is 921 g/mol. The SMILES string of the molecule is CCCCCCCCCCCCCCCCCCCCCCCCC(=O)OC(CCCCCCCCCCCCCCCCC)CCCCCCCC(=O)NCC(=O)NC(CO)C(=O)O. The molecule has 0 bridgehead atoms. The van der Waals surface area contributed by atoms with Gasteiger partial charge in [-0.3, -0.25) is 14.4 Å². The molecule has 0 aromatic rings. The summed E-state index contributed by atoms with van der Waals surface area (Å²) in [5, 5.41) is 22.7. The molecule has 2 amide bonds. The predicted octanol–water partition coefficient (Wildman–Crippen LogP) is 15.6. The first-order valence-electron chi connectivity index (χ1n) is 28.4. The standard InChI is InChI=1S/C56H108N2O7/c1-3-5-7-9-11-13-15-17-19-20-21-22-23-24-25-27-29-31-33-35-40-44-48-55(62)65-51(45-41-37-34-32-30-28-26-18-16-14-12-10-8-6-4-2)46-42-38-36-39-43-47-53(60)57-49-54(61)58-52(50-59)56(63)64/h51-52,59H,3-50H2,1-2H3,(H,57,60)(H,58,61)(H,63,64). The Balaban J connectivity index is 4.18. The molecule has 4 N–H and O–H groups in total. The maximum absolute atomic E-state index is 12.9. The highest BCUT2D eigenvalue weighted by atomic mass is 16.5. The number of unbranched alkanes of at least 4 members (excludes halogenated alkanes) is 39. The third-order valence-electron chi connectivity index (χ3n) is 13.4. The van der Waals surface area contributed by atoms with Gasteiger partial charge in [0, 0.05) is 12.8 Å². The molecule has 384 valence electrons. The van der Waals surface area contributed by atoms with E-state index >= 15 is 0 Å². The van der Waals surface area contributed by atoms with Gasteiger partial charge in [0.15, 0.2) is 0 Å². The van der Waals surface area contributed by atoms with Crippen LogP contribution in [0.2, 0.25) is 0 Å². The second kappa shape index (κ2) is 51.2. The molecule has 0 saturated heterocycles. The van der Waals surface area contributed by atoms with Crippen LogP contribution in [0.3, 0.4) is 0 Å². The molecule has 0 spiro atoms. The number of ether oxygens (including phenoxy) is 1. The molecular weight excluding hydrogens is 813 g/mol. The number of nitrogens with one attached hydrogen (secondary N) is 2. The third-order valence-corrected chi connectivity index (χ3v) is 13.4. The molecule has 0 aliphatic rings. The summed E-state index contributed by atoms with van der Waals surface area (Å²) in [6, 6.07) is -1.38. The van der Waals surface area contributed by atoms with Crippen LogP contribution in [0.1, 0.15) is 309 Å². The fraction of sp³-hybridized carbons (Fsp3) is 0.929. The Bertz CT molecular complexity index is 1060. The molecule has 0 aromatic carbocycles. The Hall–Kier alpha value is -2.16. The molecule has 9 heteroatoms. The summed E-state index contributed by atoms with van der Waals surface area (Å²) < 4.78 is 6.10. The summed E-state index contributed by atoms with van der Waals surface area (Å²) in [4.78, 5) is 47.9. The summed E-state index contributed by atoms with van der Waals surface area (Å²) in [5.41, 5.74) is 0. The van der Waals surface area contributed by atoms with E-state index in [-0.39, 0.29) is 24.5 Å². The molecule has 0 aliphatic carbocycles. The zero-order valence-electron chi connectivity index (χ0n) is 43.0. The first-order valence-corrected chi connectivity index (χ1v) is 28.4. The Morgan fingerprint density at radius 1 is 0.400 bits per heavy atom. The summed E-state index contributed by atoms with van der Waals surface area (Å²) in [6.45, 7) is 3.54. The minimum atomic E-state index is -1.38. The van der Waals surface area contributed by atoms with Gasteiger partial charge in [0.1, 0.15) is 12.1 Å². The number of carbonyl (C=O) groups excluding carboxylic acids is 3. The summed E-state index contributed by atoms with van der Waals surface area (Å²) in [7, 11) is 0. The average molecular weight is 921 g/mol. The molecular formula is C56H108N2O7. The van der Waals surface area contributed by atoms with Gasteiger partial charge in [-0.25, -0.2) is 4.79 Å². The largest absolute Gasteiger partial charge is 0.480 e. The lowest BCUT2D eigenvalue weighted by Gasteiger charge is -2.18. The molecule has 0 fully saturated rings. The molecule has 0 aliphatic heterocycles. The van der Waals surface area contributed by atoms with Crippen LogP contribution < -0.4 is 10.6 Å². The Morgan fingerprint density at radius 2 is 0.692 bits per heavy atom. The number of esters is 1. The van der Waals surface area contributed by atoms with Crippen molar-refractivity contribution in [1.82, 2.24) is 10.6 Å². The van der Waals surface area contributed by atoms with Gasteiger partial charge in [-0.1, -0.05) is 258 Å². The number of hydrogen-bond donors (Lipinski definition) is 4. The summed E-state index contributed by atoms with van der Waals surface area (Å²) in [6.07, 6.45) is 57.3. The minimum Gasteiger partial charge on any atom is -0.480 e. The molecule has 2 atom stereocenters. The van der Waals surface area contributed by atoms with E-state index in [1.807, 2.05) is 0 Å². The van der Waals surface area contributed by atoms with Crippen LogP contribution in [-0.4, -0.2) is 59.3 Å². The maximum atomic E-state index is 12.9. The number of rotatable bonds is 53. The number of amides is 2. The zero-order chi connectivity index (χ0) is 47.5. The van der Waals surface area contributed by atoms with Crippen molar-refractivity contribution in [3.63, 3.8) is 0 Å². The van der Waals surface area contributed by atoms with Gasteiger partial charge in [-0.15, -0.1) is 0 Å². The number of aliphatic hydroxyl groups is 1. The van der Waals surface area contributed by atoms with Crippen LogP contribution in [0.4, 0.5) is 0 Å². The van der Waals surface area contributed by atoms with Crippen molar-refractivity contribution >= 4 is 23.8 Å². The lowest BCUT2D eigenvalue weighted by Crippen LogP contribution is -2.47. The van der Waals surface area contributed by atoms with Gasteiger partial charge in [0.2, 0.25) is 11.8 Å². The minimum absolute atomic E-state index is 0.00679. The van der Waals surface area contributed by atoms with E-state index in [0.717, 1.165) is 57.8 Å². The van der Waals surface area contributed by atoms with Crippen molar-refractivity contribution in [1.29, 1.82) is 0 Å². The highest BCUT2D eigenvalue weighted by Crippen LogP contribution is 2.20. The number of carbonyl (C=O) groups is 4. The first kappa shape index (κ1) is 62.8. The lowest BCUT2D eigenvalue weighted by atomic mass is 10.0. The maximum Gasteiger partial charge on any atom is 0.328 e. The van der Waals surface area contributed by atoms with Gasteiger partial charge in [-0.2, -0.15) is 0 Å². The van der Waals surface area contributed by atoms with Gasteiger partial charge >= 0.3 is 11.9 Å². The van der Waals surface area contributed by atoms with E-state index in [1.165, 1.54) is 218 Å². The van der Waals surface area contributed by atoms with Gasteiger partial charge in [0.25, 0.3) is 0 Å². The quantitative estimate of drug-likeness (QED) is 0.0351. The first-order chi connectivity index (χ1) is 31.8. The normalized spacial score (nSPS) is 12.3.